The largest absolute Gasteiger partial charge is 0.480 e. The molecular weight excluding hydrogens is 257 g/mol. The van der Waals surface area contributed by atoms with Crippen LogP contribution in [0.4, 0.5) is 4.39 Å². The van der Waals surface area contributed by atoms with Crippen LogP contribution in [0.2, 0.25) is 0 Å². The molecule has 1 atom stereocenters. The summed E-state index contributed by atoms with van der Waals surface area (Å²) in [5.41, 5.74) is 2.24. The summed E-state index contributed by atoms with van der Waals surface area (Å²) < 4.78 is 13.7. The summed E-state index contributed by atoms with van der Waals surface area (Å²) in [7, 11) is 0. The highest BCUT2D eigenvalue weighted by atomic mass is 19.1. The van der Waals surface area contributed by atoms with E-state index in [1.807, 2.05) is 31.2 Å². The molecule has 2 N–H and O–H groups in total. The van der Waals surface area contributed by atoms with Crippen molar-refractivity contribution in [3.05, 3.63) is 71.0 Å². The summed E-state index contributed by atoms with van der Waals surface area (Å²) in [4.78, 5) is 11.3. The van der Waals surface area contributed by atoms with Crippen molar-refractivity contribution < 1.29 is 14.3 Å². The molecule has 104 valence electrons. The molecule has 2 rings (SSSR count). The topological polar surface area (TPSA) is 49.3 Å². The lowest BCUT2D eigenvalue weighted by Crippen LogP contribution is -2.28. The first-order chi connectivity index (χ1) is 9.58. The number of carbonyl (C=O) groups is 1. The summed E-state index contributed by atoms with van der Waals surface area (Å²) in [5.74, 6) is -1.61. The Hall–Kier alpha value is -2.20. The van der Waals surface area contributed by atoms with Crippen LogP contribution in [-0.4, -0.2) is 11.1 Å². The van der Waals surface area contributed by atoms with E-state index in [2.05, 4.69) is 5.32 Å². The SMILES string of the molecule is Cc1ccc(CNC(C(=O)O)c2ccccc2F)cc1. The van der Waals surface area contributed by atoms with Crippen LogP contribution in [0.15, 0.2) is 48.5 Å². The number of rotatable bonds is 5. The Morgan fingerprint density at radius 3 is 2.45 bits per heavy atom. The lowest BCUT2D eigenvalue weighted by molar-refractivity contribution is -0.139. The van der Waals surface area contributed by atoms with Crippen LogP contribution >= 0.6 is 0 Å². The summed E-state index contributed by atoms with van der Waals surface area (Å²) in [5, 5.41) is 12.1. The lowest BCUT2D eigenvalue weighted by atomic mass is 10.1. The van der Waals surface area contributed by atoms with E-state index in [1.54, 1.807) is 6.07 Å². The van der Waals surface area contributed by atoms with Crippen molar-refractivity contribution >= 4 is 5.97 Å². The first-order valence-electron chi connectivity index (χ1n) is 6.34. The molecule has 1 unspecified atom stereocenters. The molecule has 0 amide bonds. The Morgan fingerprint density at radius 2 is 1.85 bits per heavy atom. The third-order valence-electron chi connectivity index (χ3n) is 3.09. The van der Waals surface area contributed by atoms with Gasteiger partial charge in [0.25, 0.3) is 0 Å². The van der Waals surface area contributed by atoms with E-state index in [1.165, 1.54) is 18.2 Å². The van der Waals surface area contributed by atoms with Gasteiger partial charge in [-0.25, -0.2) is 4.39 Å². The Morgan fingerprint density at radius 1 is 1.20 bits per heavy atom. The van der Waals surface area contributed by atoms with Gasteiger partial charge in [0.15, 0.2) is 0 Å². The number of benzene rings is 2. The highest BCUT2D eigenvalue weighted by Crippen LogP contribution is 2.17. The Balaban J connectivity index is 2.13. The van der Waals surface area contributed by atoms with Crippen LogP contribution in [0, 0.1) is 12.7 Å². The van der Waals surface area contributed by atoms with Gasteiger partial charge in [-0.1, -0.05) is 48.0 Å². The fourth-order valence-electron chi connectivity index (χ4n) is 1.97. The zero-order chi connectivity index (χ0) is 14.5. The van der Waals surface area contributed by atoms with Gasteiger partial charge in [-0.3, -0.25) is 10.1 Å². The van der Waals surface area contributed by atoms with Crippen LogP contribution in [0.3, 0.4) is 0 Å². The highest BCUT2D eigenvalue weighted by Gasteiger charge is 2.22. The standard InChI is InChI=1S/C16H16FNO2/c1-11-6-8-12(9-7-11)10-18-15(16(19)20)13-4-2-3-5-14(13)17/h2-9,15,18H,10H2,1H3,(H,19,20). The van der Waals surface area contributed by atoms with Gasteiger partial charge in [0, 0.05) is 12.1 Å². The van der Waals surface area contributed by atoms with Gasteiger partial charge < -0.3 is 5.11 Å². The second-order valence-electron chi connectivity index (χ2n) is 4.66. The second kappa shape index (κ2) is 6.30. The van der Waals surface area contributed by atoms with Gasteiger partial charge in [-0.05, 0) is 18.6 Å². The van der Waals surface area contributed by atoms with E-state index in [9.17, 15) is 14.3 Å². The molecule has 4 heteroatoms. The number of nitrogens with one attached hydrogen (secondary N) is 1. The van der Waals surface area contributed by atoms with Crippen LogP contribution < -0.4 is 5.32 Å². The number of carboxylic acids is 1. The Kier molecular flexibility index (Phi) is 4.48. The van der Waals surface area contributed by atoms with Gasteiger partial charge in [0.1, 0.15) is 11.9 Å². The monoisotopic (exact) mass is 273 g/mol. The van der Waals surface area contributed by atoms with Crippen molar-refractivity contribution in [1.29, 1.82) is 0 Å². The molecule has 0 fully saturated rings. The molecule has 0 spiro atoms. The van der Waals surface area contributed by atoms with Crippen LogP contribution in [0.1, 0.15) is 22.7 Å². The van der Waals surface area contributed by atoms with Crippen LogP contribution in [0.5, 0.6) is 0 Å². The summed E-state index contributed by atoms with van der Waals surface area (Å²) in [6, 6.07) is 12.6. The van der Waals surface area contributed by atoms with E-state index in [-0.39, 0.29) is 5.56 Å². The molecule has 0 aliphatic rings. The Bertz CT molecular complexity index is 596. The minimum atomic E-state index is -1.10. The maximum Gasteiger partial charge on any atom is 0.325 e. The van der Waals surface area contributed by atoms with E-state index in [4.69, 9.17) is 0 Å². The molecule has 0 aromatic heterocycles. The molecule has 3 nitrogen and oxygen atoms in total. The molecule has 0 heterocycles. The van der Waals surface area contributed by atoms with E-state index in [0.29, 0.717) is 6.54 Å². The van der Waals surface area contributed by atoms with Crippen LogP contribution in [-0.2, 0) is 11.3 Å². The summed E-state index contributed by atoms with van der Waals surface area (Å²) in [6.45, 7) is 2.35. The molecule has 0 aliphatic carbocycles. The quantitative estimate of drug-likeness (QED) is 0.880. The maximum atomic E-state index is 13.7. The summed E-state index contributed by atoms with van der Waals surface area (Å²) in [6.07, 6.45) is 0. The number of carboxylic acid groups (broad SMARTS) is 1. The molecular formula is C16H16FNO2. The van der Waals surface area contributed by atoms with Crippen molar-refractivity contribution in [2.24, 2.45) is 0 Å². The maximum absolute atomic E-state index is 13.7. The minimum absolute atomic E-state index is 0.145. The number of hydrogen-bond donors (Lipinski definition) is 2. The van der Waals surface area contributed by atoms with E-state index < -0.39 is 17.8 Å². The molecule has 0 saturated heterocycles. The van der Waals surface area contributed by atoms with Gasteiger partial charge in [0.2, 0.25) is 0 Å². The average Bonchev–Trinajstić information content (AvgIpc) is 2.42. The van der Waals surface area contributed by atoms with E-state index in [0.717, 1.165) is 11.1 Å². The van der Waals surface area contributed by atoms with Crippen molar-refractivity contribution in [3.8, 4) is 0 Å². The molecule has 2 aromatic rings. The predicted molar refractivity (Wildman–Crippen MR) is 74.8 cm³/mol. The zero-order valence-corrected chi connectivity index (χ0v) is 11.1. The van der Waals surface area contributed by atoms with Gasteiger partial charge in [-0.15, -0.1) is 0 Å². The molecule has 0 bridgehead atoms. The smallest absolute Gasteiger partial charge is 0.325 e. The molecule has 0 aliphatic heterocycles. The van der Waals surface area contributed by atoms with Crippen LogP contribution in [0.25, 0.3) is 0 Å². The lowest BCUT2D eigenvalue weighted by Gasteiger charge is -2.15. The predicted octanol–water partition coefficient (Wildman–Crippen LogP) is 3.05. The van der Waals surface area contributed by atoms with Crippen molar-refractivity contribution in [2.45, 2.75) is 19.5 Å². The first-order valence-corrected chi connectivity index (χ1v) is 6.34. The van der Waals surface area contributed by atoms with E-state index >= 15 is 0 Å². The number of aryl methyl sites for hydroxylation is 1. The Labute approximate surface area is 117 Å². The molecule has 2 aromatic carbocycles. The van der Waals surface area contributed by atoms with Crippen molar-refractivity contribution in [1.82, 2.24) is 5.32 Å². The fourth-order valence-corrected chi connectivity index (χ4v) is 1.97. The van der Waals surface area contributed by atoms with Gasteiger partial charge >= 0.3 is 5.97 Å². The number of aliphatic carboxylic acids is 1. The van der Waals surface area contributed by atoms with Crippen molar-refractivity contribution in [2.75, 3.05) is 0 Å². The molecule has 0 radical (unpaired) electrons. The fraction of sp³-hybridized carbons (Fsp3) is 0.188. The van der Waals surface area contributed by atoms with Crippen molar-refractivity contribution in [3.63, 3.8) is 0 Å². The summed E-state index contributed by atoms with van der Waals surface area (Å²) >= 11 is 0. The normalized spacial score (nSPS) is 12.1. The van der Waals surface area contributed by atoms with Gasteiger partial charge in [-0.2, -0.15) is 0 Å². The third-order valence-corrected chi connectivity index (χ3v) is 3.09. The highest BCUT2D eigenvalue weighted by molar-refractivity contribution is 5.75. The third kappa shape index (κ3) is 3.42. The second-order valence-corrected chi connectivity index (χ2v) is 4.66. The first kappa shape index (κ1) is 14.2. The number of halogens is 1. The molecule has 20 heavy (non-hydrogen) atoms. The zero-order valence-electron chi connectivity index (χ0n) is 11.1. The minimum Gasteiger partial charge on any atom is -0.480 e. The molecule has 0 saturated carbocycles. The van der Waals surface area contributed by atoms with Gasteiger partial charge in [0.05, 0.1) is 0 Å². The number of hydrogen-bond acceptors (Lipinski definition) is 2. The average molecular weight is 273 g/mol.